The summed E-state index contributed by atoms with van der Waals surface area (Å²) in [7, 11) is 1.24. The molecule has 1 unspecified atom stereocenters. The fourth-order valence-corrected chi connectivity index (χ4v) is 1.40. The molecule has 0 aromatic carbocycles. The van der Waals surface area contributed by atoms with E-state index in [1.807, 2.05) is 6.92 Å². The Morgan fingerprint density at radius 3 is 2.44 bits per heavy atom. The maximum absolute atomic E-state index is 11.3. The first-order valence-electron chi connectivity index (χ1n) is 5.65. The third kappa shape index (κ3) is 5.63. The first kappa shape index (κ1) is 16.4. The number of rotatable bonds is 7. The molecule has 1 N–H and O–H groups in total. The Morgan fingerprint density at radius 2 is 2.06 bits per heavy atom. The number of carbonyl (C=O) groups excluding carboxylic acids is 2. The van der Waals surface area contributed by atoms with E-state index in [0.717, 1.165) is 5.57 Å². The Morgan fingerprint density at radius 1 is 1.44 bits per heavy atom. The monoisotopic (exact) mass is 256 g/mol. The second kappa shape index (κ2) is 8.47. The first-order chi connectivity index (χ1) is 8.46. The van der Waals surface area contributed by atoms with Gasteiger partial charge in [0.2, 0.25) is 0 Å². The van der Waals surface area contributed by atoms with Crippen molar-refractivity contribution >= 4 is 11.9 Å². The SMILES string of the molecule is C=C(C(=O)OC)C(CC/C(=C\C)CO)OC(C)=O. The summed E-state index contributed by atoms with van der Waals surface area (Å²) in [5, 5.41) is 9.02. The van der Waals surface area contributed by atoms with E-state index >= 15 is 0 Å². The molecule has 0 heterocycles. The number of aliphatic hydroxyl groups is 1. The molecule has 0 rings (SSSR count). The summed E-state index contributed by atoms with van der Waals surface area (Å²) < 4.78 is 9.57. The van der Waals surface area contributed by atoms with E-state index in [1.165, 1.54) is 14.0 Å². The summed E-state index contributed by atoms with van der Waals surface area (Å²) >= 11 is 0. The van der Waals surface area contributed by atoms with Gasteiger partial charge in [-0.25, -0.2) is 4.79 Å². The Labute approximate surface area is 107 Å². The summed E-state index contributed by atoms with van der Waals surface area (Å²) in [6.07, 6.45) is 1.96. The van der Waals surface area contributed by atoms with Gasteiger partial charge in [-0.05, 0) is 25.3 Å². The lowest BCUT2D eigenvalue weighted by Crippen LogP contribution is -2.24. The van der Waals surface area contributed by atoms with Gasteiger partial charge in [-0.2, -0.15) is 0 Å². The van der Waals surface area contributed by atoms with Crippen molar-refractivity contribution in [3.63, 3.8) is 0 Å². The second-order valence-corrected chi connectivity index (χ2v) is 3.76. The number of allylic oxidation sites excluding steroid dienone is 1. The highest BCUT2D eigenvalue weighted by Gasteiger charge is 2.22. The van der Waals surface area contributed by atoms with E-state index in [1.54, 1.807) is 6.08 Å². The lowest BCUT2D eigenvalue weighted by molar-refractivity contribution is -0.147. The fourth-order valence-electron chi connectivity index (χ4n) is 1.40. The predicted octanol–water partition coefficient (Wildman–Crippen LogP) is 1.37. The van der Waals surface area contributed by atoms with Crippen molar-refractivity contribution < 1.29 is 24.2 Å². The van der Waals surface area contributed by atoms with E-state index in [9.17, 15) is 9.59 Å². The molecule has 0 spiro atoms. The molecule has 0 aromatic rings. The van der Waals surface area contributed by atoms with Crippen molar-refractivity contribution in [2.24, 2.45) is 0 Å². The zero-order chi connectivity index (χ0) is 14.1. The molecule has 0 fully saturated rings. The van der Waals surface area contributed by atoms with Crippen LogP contribution in [0.3, 0.4) is 0 Å². The molecule has 0 saturated heterocycles. The van der Waals surface area contributed by atoms with Crippen LogP contribution in [-0.2, 0) is 19.1 Å². The summed E-state index contributed by atoms with van der Waals surface area (Å²) in [6, 6.07) is 0. The number of esters is 2. The van der Waals surface area contributed by atoms with Gasteiger partial charge in [0.1, 0.15) is 6.10 Å². The van der Waals surface area contributed by atoms with E-state index in [2.05, 4.69) is 11.3 Å². The number of methoxy groups -OCH3 is 1. The van der Waals surface area contributed by atoms with Crippen molar-refractivity contribution in [1.82, 2.24) is 0 Å². The molecule has 0 amide bonds. The molecular formula is C13H20O5. The van der Waals surface area contributed by atoms with Crippen LogP contribution in [0.4, 0.5) is 0 Å². The highest BCUT2D eigenvalue weighted by molar-refractivity contribution is 5.89. The van der Waals surface area contributed by atoms with Gasteiger partial charge in [0, 0.05) is 6.92 Å². The van der Waals surface area contributed by atoms with Gasteiger partial charge < -0.3 is 14.6 Å². The molecule has 0 saturated carbocycles. The summed E-state index contributed by atoms with van der Waals surface area (Å²) in [5.41, 5.74) is 0.908. The Kier molecular flexibility index (Phi) is 7.71. The lowest BCUT2D eigenvalue weighted by Gasteiger charge is -2.18. The quantitative estimate of drug-likeness (QED) is 0.423. The normalized spacial score (nSPS) is 12.8. The van der Waals surface area contributed by atoms with Crippen molar-refractivity contribution in [3.05, 3.63) is 23.8 Å². The smallest absolute Gasteiger partial charge is 0.336 e. The van der Waals surface area contributed by atoms with Crippen molar-refractivity contribution in [3.8, 4) is 0 Å². The maximum atomic E-state index is 11.3. The zero-order valence-electron chi connectivity index (χ0n) is 11.1. The Hall–Kier alpha value is -1.62. The van der Waals surface area contributed by atoms with Gasteiger partial charge in [0.15, 0.2) is 0 Å². The number of hydrogen-bond donors (Lipinski definition) is 1. The number of carbonyl (C=O) groups is 2. The van der Waals surface area contributed by atoms with Crippen LogP contribution in [-0.4, -0.2) is 36.9 Å². The molecule has 0 aliphatic rings. The predicted molar refractivity (Wildman–Crippen MR) is 66.8 cm³/mol. The van der Waals surface area contributed by atoms with Gasteiger partial charge in [0.25, 0.3) is 0 Å². The molecule has 0 aliphatic heterocycles. The average Bonchev–Trinajstić information content (AvgIpc) is 2.36. The first-order valence-corrected chi connectivity index (χ1v) is 5.65. The minimum atomic E-state index is -0.726. The van der Waals surface area contributed by atoms with Crippen molar-refractivity contribution in [2.45, 2.75) is 32.8 Å². The van der Waals surface area contributed by atoms with Gasteiger partial charge in [-0.3, -0.25) is 4.79 Å². The number of aliphatic hydroxyl groups excluding tert-OH is 1. The van der Waals surface area contributed by atoms with Crippen LogP contribution in [0, 0.1) is 0 Å². The minimum absolute atomic E-state index is 0.0615. The molecule has 102 valence electrons. The Balaban J connectivity index is 4.64. The largest absolute Gasteiger partial charge is 0.466 e. The van der Waals surface area contributed by atoms with E-state index in [-0.39, 0.29) is 12.2 Å². The van der Waals surface area contributed by atoms with Gasteiger partial charge in [0.05, 0.1) is 19.3 Å². The van der Waals surface area contributed by atoms with E-state index in [4.69, 9.17) is 9.84 Å². The van der Waals surface area contributed by atoms with Crippen LogP contribution < -0.4 is 0 Å². The van der Waals surface area contributed by atoms with Crippen LogP contribution in [0.15, 0.2) is 23.8 Å². The maximum Gasteiger partial charge on any atom is 0.336 e. The van der Waals surface area contributed by atoms with Gasteiger partial charge in [-0.1, -0.05) is 12.7 Å². The summed E-state index contributed by atoms with van der Waals surface area (Å²) in [6.45, 7) is 6.58. The molecule has 0 bridgehead atoms. The highest BCUT2D eigenvalue weighted by Crippen LogP contribution is 2.16. The summed E-state index contributed by atoms with van der Waals surface area (Å²) in [4.78, 5) is 22.3. The van der Waals surface area contributed by atoms with Crippen molar-refractivity contribution in [2.75, 3.05) is 13.7 Å². The zero-order valence-corrected chi connectivity index (χ0v) is 11.1. The van der Waals surface area contributed by atoms with Gasteiger partial charge >= 0.3 is 11.9 Å². The molecule has 0 aromatic heterocycles. The fraction of sp³-hybridized carbons (Fsp3) is 0.538. The standard InChI is InChI=1S/C13H20O5/c1-5-11(8-14)6-7-12(18-10(3)15)9(2)13(16)17-4/h5,12,14H,2,6-8H2,1,3-4H3/b11-5+. The van der Waals surface area contributed by atoms with Crippen LogP contribution in [0.5, 0.6) is 0 Å². The molecule has 0 aliphatic carbocycles. The molecule has 0 radical (unpaired) electrons. The minimum Gasteiger partial charge on any atom is -0.466 e. The average molecular weight is 256 g/mol. The van der Waals surface area contributed by atoms with E-state index in [0.29, 0.717) is 12.8 Å². The number of hydrogen-bond acceptors (Lipinski definition) is 5. The van der Waals surface area contributed by atoms with Crippen LogP contribution in [0.25, 0.3) is 0 Å². The van der Waals surface area contributed by atoms with Crippen LogP contribution in [0.1, 0.15) is 26.7 Å². The van der Waals surface area contributed by atoms with E-state index < -0.39 is 18.0 Å². The highest BCUT2D eigenvalue weighted by atomic mass is 16.6. The molecular weight excluding hydrogens is 236 g/mol. The summed E-state index contributed by atoms with van der Waals surface area (Å²) in [5.74, 6) is -1.09. The Bertz CT molecular complexity index is 343. The lowest BCUT2D eigenvalue weighted by atomic mass is 10.0. The van der Waals surface area contributed by atoms with Crippen molar-refractivity contribution in [1.29, 1.82) is 0 Å². The third-order valence-electron chi connectivity index (χ3n) is 2.48. The number of ether oxygens (including phenoxy) is 2. The molecule has 1 atom stereocenters. The van der Waals surface area contributed by atoms with Crippen LogP contribution in [0.2, 0.25) is 0 Å². The molecule has 18 heavy (non-hydrogen) atoms. The molecule has 5 nitrogen and oxygen atoms in total. The molecule has 5 heteroatoms. The van der Waals surface area contributed by atoms with Gasteiger partial charge in [-0.15, -0.1) is 0 Å². The topological polar surface area (TPSA) is 72.8 Å². The van der Waals surface area contributed by atoms with Crippen LogP contribution >= 0.6 is 0 Å². The second-order valence-electron chi connectivity index (χ2n) is 3.76. The third-order valence-corrected chi connectivity index (χ3v) is 2.48.